The molecule has 0 aromatic heterocycles. The van der Waals surface area contributed by atoms with Gasteiger partial charge < -0.3 is 10.4 Å². The lowest BCUT2D eigenvalue weighted by atomic mass is 10.1. The molecule has 0 aliphatic heterocycles. The molecule has 0 fully saturated rings. The zero-order valence-electron chi connectivity index (χ0n) is 12.1. The molecule has 0 aliphatic carbocycles. The van der Waals surface area contributed by atoms with Crippen molar-refractivity contribution >= 4 is 40.6 Å². The summed E-state index contributed by atoms with van der Waals surface area (Å²) in [5.41, 5.74) is -0.0628. The fourth-order valence-corrected chi connectivity index (χ4v) is 2.10. The van der Waals surface area contributed by atoms with Gasteiger partial charge in [0.25, 0.3) is 11.6 Å². The van der Waals surface area contributed by atoms with Gasteiger partial charge in [-0.25, -0.2) is 4.79 Å². The molecule has 0 saturated carbocycles. The monoisotopic (exact) mass is 345 g/mol. The number of hydrogen-bond acceptors (Lipinski definition) is 5. The molecule has 0 aliphatic rings. The second kappa shape index (κ2) is 7.29. The first-order valence-corrected chi connectivity index (χ1v) is 6.98. The maximum absolute atomic E-state index is 12.1. The number of nitro groups is 1. The zero-order chi connectivity index (χ0) is 17.7. The Hall–Kier alpha value is -3.33. The van der Waals surface area contributed by atoms with Gasteiger partial charge in [0.15, 0.2) is 5.11 Å². The Labute approximate surface area is 141 Å². The van der Waals surface area contributed by atoms with Crippen LogP contribution in [0.15, 0.2) is 48.5 Å². The minimum atomic E-state index is -1.10. The van der Waals surface area contributed by atoms with Crippen LogP contribution < -0.4 is 10.6 Å². The number of carbonyl (C=O) groups is 2. The van der Waals surface area contributed by atoms with Crippen molar-refractivity contribution < 1.29 is 19.6 Å². The number of carbonyl (C=O) groups excluding carboxylic acids is 1. The van der Waals surface area contributed by atoms with Crippen molar-refractivity contribution in [3.05, 3.63) is 69.8 Å². The van der Waals surface area contributed by atoms with Crippen LogP contribution in [0.3, 0.4) is 0 Å². The van der Waals surface area contributed by atoms with E-state index >= 15 is 0 Å². The number of benzene rings is 2. The SMILES string of the molecule is O=C(O)c1cccc(NC(=S)NC(=O)c2ccccc2[N+](=O)[O-])c1. The van der Waals surface area contributed by atoms with Gasteiger partial charge in [0.2, 0.25) is 0 Å². The second-order valence-electron chi connectivity index (χ2n) is 4.57. The highest BCUT2D eigenvalue weighted by molar-refractivity contribution is 7.80. The number of anilines is 1. The number of thiocarbonyl (C=S) groups is 1. The molecule has 0 spiro atoms. The highest BCUT2D eigenvalue weighted by atomic mass is 32.1. The van der Waals surface area contributed by atoms with Gasteiger partial charge in [0.1, 0.15) is 5.56 Å². The molecule has 122 valence electrons. The Morgan fingerprint density at radius 2 is 1.83 bits per heavy atom. The predicted octanol–water partition coefficient (Wildman–Crippen LogP) is 2.42. The first-order valence-electron chi connectivity index (χ1n) is 6.57. The van der Waals surface area contributed by atoms with Crippen molar-refractivity contribution in [3.8, 4) is 0 Å². The van der Waals surface area contributed by atoms with E-state index in [1.54, 1.807) is 6.07 Å². The van der Waals surface area contributed by atoms with E-state index in [-0.39, 0.29) is 21.9 Å². The van der Waals surface area contributed by atoms with Gasteiger partial charge in [-0.2, -0.15) is 0 Å². The average Bonchev–Trinajstić information content (AvgIpc) is 2.54. The first-order chi connectivity index (χ1) is 11.4. The van der Waals surface area contributed by atoms with E-state index in [0.29, 0.717) is 5.69 Å². The Balaban J connectivity index is 2.10. The number of nitro benzene ring substituents is 1. The molecule has 0 unspecified atom stereocenters. The Morgan fingerprint density at radius 3 is 2.50 bits per heavy atom. The van der Waals surface area contributed by atoms with Crippen LogP contribution in [0, 0.1) is 10.1 Å². The number of rotatable bonds is 4. The average molecular weight is 345 g/mol. The number of amides is 1. The van der Waals surface area contributed by atoms with Crippen LogP contribution in [0.1, 0.15) is 20.7 Å². The van der Waals surface area contributed by atoms with Crippen molar-refractivity contribution in [2.75, 3.05) is 5.32 Å². The number of carboxylic acids is 1. The van der Waals surface area contributed by atoms with Crippen molar-refractivity contribution in [1.29, 1.82) is 0 Å². The van der Waals surface area contributed by atoms with E-state index in [4.69, 9.17) is 17.3 Å². The van der Waals surface area contributed by atoms with E-state index in [0.717, 1.165) is 0 Å². The number of carboxylic acid groups (broad SMARTS) is 1. The molecule has 0 saturated heterocycles. The number of para-hydroxylation sites is 1. The summed E-state index contributed by atoms with van der Waals surface area (Å²) in [6.45, 7) is 0. The molecule has 0 heterocycles. The molecule has 0 bridgehead atoms. The van der Waals surface area contributed by atoms with Crippen molar-refractivity contribution in [2.45, 2.75) is 0 Å². The molecular weight excluding hydrogens is 334 g/mol. The van der Waals surface area contributed by atoms with Crippen molar-refractivity contribution in [3.63, 3.8) is 0 Å². The van der Waals surface area contributed by atoms with Crippen LogP contribution in [0.4, 0.5) is 11.4 Å². The highest BCUT2D eigenvalue weighted by Gasteiger charge is 2.19. The first kappa shape index (κ1) is 17.0. The lowest BCUT2D eigenvalue weighted by Gasteiger charge is -2.10. The molecule has 2 aromatic rings. The smallest absolute Gasteiger partial charge is 0.335 e. The van der Waals surface area contributed by atoms with E-state index < -0.39 is 16.8 Å². The number of nitrogens with zero attached hydrogens (tertiary/aromatic N) is 1. The van der Waals surface area contributed by atoms with Crippen LogP contribution >= 0.6 is 12.2 Å². The molecule has 2 rings (SSSR count). The largest absolute Gasteiger partial charge is 0.478 e. The van der Waals surface area contributed by atoms with Gasteiger partial charge in [0.05, 0.1) is 10.5 Å². The van der Waals surface area contributed by atoms with Crippen LogP contribution in [-0.2, 0) is 0 Å². The minimum absolute atomic E-state index is 0.0489. The molecule has 9 heteroatoms. The summed E-state index contributed by atoms with van der Waals surface area (Å²) in [4.78, 5) is 33.3. The number of aromatic carboxylic acids is 1. The van der Waals surface area contributed by atoms with Crippen LogP contribution in [0.5, 0.6) is 0 Å². The van der Waals surface area contributed by atoms with Crippen LogP contribution in [-0.4, -0.2) is 27.0 Å². The van der Waals surface area contributed by atoms with Gasteiger partial charge in [-0.1, -0.05) is 18.2 Å². The van der Waals surface area contributed by atoms with Crippen molar-refractivity contribution in [2.24, 2.45) is 0 Å². The van der Waals surface area contributed by atoms with E-state index in [9.17, 15) is 19.7 Å². The summed E-state index contributed by atoms with van der Waals surface area (Å²) in [6.07, 6.45) is 0. The normalized spacial score (nSPS) is 9.83. The summed E-state index contributed by atoms with van der Waals surface area (Å²) < 4.78 is 0. The molecule has 3 N–H and O–H groups in total. The van der Waals surface area contributed by atoms with E-state index in [1.807, 2.05) is 0 Å². The molecular formula is C15H11N3O5S. The number of hydrogen-bond donors (Lipinski definition) is 3. The maximum Gasteiger partial charge on any atom is 0.335 e. The molecule has 0 radical (unpaired) electrons. The Morgan fingerprint density at radius 1 is 1.12 bits per heavy atom. The van der Waals surface area contributed by atoms with Crippen LogP contribution in [0.25, 0.3) is 0 Å². The van der Waals surface area contributed by atoms with E-state index in [2.05, 4.69) is 10.6 Å². The predicted molar refractivity (Wildman–Crippen MR) is 90.2 cm³/mol. The fraction of sp³-hybridized carbons (Fsp3) is 0. The summed E-state index contributed by atoms with van der Waals surface area (Å²) >= 11 is 4.97. The fourth-order valence-electron chi connectivity index (χ4n) is 1.89. The third-order valence-electron chi connectivity index (χ3n) is 2.94. The molecule has 1 amide bonds. The standard InChI is InChI=1S/C15H11N3O5S/c19-13(11-6-1-2-7-12(11)18(22)23)17-15(24)16-10-5-3-4-9(8-10)14(20)21/h1-8H,(H,20,21)(H2,16,17,19,24). The summed E-state index contributed by atoms with van der Waals surface area (Å²) in [5.74, 6) is -1.84. The lowest BCUT2D eigenvalue weighted by molar-refractivity contribution is -0.385. The topological polar surface area (TPSA) is 122 Å². The molecule has 2 aromatic carbocycles. The second-order valence-corrected chi connectivity index (χ2v) is 4.98. The highest BCUT2D eigenvalue weighted by Crippen LogP contribution is 2.17. The lowest BCUT2D eigenvalue weighted by Crippen LogP contribution is -2.34. The number of nitrogens with one attached hydrogen (secondary N) is 2. The van der Waals surface area contributed by atoms with Crippen LogP contribution in [0.2, 0.25) is 0 Å². The van der Waals surface area contributed by atoms with E-state index in [1.165, 1.54) is 42.5 Å². The maximum atomic E-state index is 12.1. The summed E-state index contributed by atoms with van der Waals surface area (Å²) in [6, 6.07) is 11.3. The molecule has 24 heavy (non-hydrogen) atoms. The summed E-state index contributed by atoms with van der Waals surface area (Å²) in [7, 11) is 0. The van der Waals surface area contributed by atoms with Crippen molar-refractivity contribution in [1.82, 2.24) is 5.32 Å². The third kappa shape index (κ3) is 4.11. The quantitative estimate of drug-likeness (QED) is 0.442. The van der Waals surface area contributed by atoms with Gasteiger partial charge in [-0.3, -0.25) is 20.2 Å². The van der Waals surface area contributed by atoms with Gasteiger partial charge >= 0.3 is 5.97 Å². The zero-order valence-corrected chi connectivity index (χ0v) is 12.9. The molecule has 0 atom stereocenters. The Bertz CT molecular complexity index is 837. The third-order valence-corrected chi connectivity index (χ3v) is 3.14. The summed E-state index contributed by atoms with van der Waals surface area (Å²) in [5, 5.41) is 24.7. The van der Waals surface area contributed by atoms with Gasteiger partial charge in [-0.05, 0) is 36.5 Å². The van der Waals surface area contributed by atoms with Gasteiger partial charge in [-0.15, -0.1) is 0 Å². The minimum Gasteiger partial charge on any atom is -0.478 e. The Kier molecular flexibility index (Phi) is 5.17. The van der Waals surface area contributed by atoms with Gasteiger partial charge in [0, 0.05) is 11.8 Å². The molecule has 8 nitrogen and oxygen atoms in total.